The van der Waals surface area contributed by atoms with Crippen LogP contribution in [0, 0.1) is 5.92 Å². The van der Waals surface area contributed by atoms with Gasteiger partial charge in [-0.25, -0.2) is 0 Å². The van der Waals surface area contributed by atoms with Crippen LogP contribution in [-0.4, -0.2) is 65.9 Å². The third-order valence-corrected chi connectivity index (χ3v) is 5.33. The van der Waals surface area contributed by atoms with E-state index in [4.69, 9.17) is 9.39 Å². The minimum absolute atomic E-state index is 0.00407. The fourth-order valence-corrected chi connectivity index (χ4v) is 3.59. The van der Waals surface area contributed by atoms with Crippen LogP contribution < -0.4 is 19.8 Å². The standard InChI is InChI=1S/C17H22BN2O7/c21-14(5-10-6-19-7-10)20-8-12(9-20)26-13-2-1-11-3-4-18(24,25)27-16(11)15(13)17(22)23/h1-2,10,12,19,24-25H,3-9H2,(H,22,23)/q-1/p-1. The lowest BCUT2D eigenvalue weighted by atomic mass is 9.70. The van der Waals surface area contributed by atoms with Crippen LogP contribution >= 0.6 is 0 Å². The lowest BCUT2D eigenvalue weighted by molar-refractivity contribution is -0.255. The number of carboxylic acids is 1. The molecule has 0 unspecified atom stereocenters. The Morgan fingerprint density at radius 1 is 1.33 bits per heavy atom. The SMILES string of the molecule is O=C([O-])c1c(OC2CN(C(=O)CC3CNC3)C2)ccc2c1O[B-](O)(O)CC2. The van der Waals surface area contributed by atoms with E-state index in [1.165, 1.54) is 6.07 Å². The molecule has 27 heavy (non-hydrogen) atoms. The summed E-state index contributed by atoms with van der Waals surface area (Å²) in [5, 5.41) is 34.2. The third kappa shape index (κ3) is 3.60. The van der Waals surface area contributed by atoms with Crippen LogP contribution in [0.15, 0.2) is 12.1 Å². The molecule has 1 aromatic rings. The van der Waals surface area contributed by atoms with Gasteiger partial charge in [-0.1, -0.05) is 12.4 Å². The molecule has 0 spiro atoms. The maximum Gasteiger partial charge on any atom is 0.430 e. The van der Waals surface area contributed by atoms with Gasteiger partial charge >= 0.3 is 6.75 Å². The van der Waals surface area contributed by atoms with Crippen molar-refractivity contribution >= 4 is 18.6 Å². The molecule has 3 aliphatic heterocycles. The number of nitrogens with zero attached hydrogens (tertiary/aromatic N) is 1. The molecule has 1 amide bonds. The van der Waals surface area contributed by atoms with Gasteiger partial charge in [0.2, 0.25) is 5.91 Å². The van der Waals surface area contributed by atoms with Crippen LogP contribution in [0.25, 0.3) is 0 Å². The second kappa shape index (κ2) is 6.70. The Morgan fingerprint density at radius 3 is 2.70 bits per heavy atom. The average Bonchev–Trinajstić information content (AvgIpc) is 2.52. The fraction of sp³-hybridized carbons (Fsp3) is 0.529. The molecule has 2 fully saturated rings. The molecular formula is C17H21BN2O7-2. The summed E-state index contributed by atoms with van der Waals surface area (Å²) in [6.45, 7) is -0.599. The Labute approximate surface area is 155 Å². The molecule has 10 heteroatoms. The zero-order valence-electron chi connectivity index (χ0n) is 14.7. The van der Waals surface area contributed by atoms with Crippen molar-refractivity contribution in [3.8, 4) is 11.5 Å². The van der Waals surface area contributed by atoms with E-state index < -0.39 is 12.7 Å². The number of ether oxygens (including phenoxy) is 1. The molecule has 0 radical (unpaired) electrons. The van der Waals surface area contributed by atoms with E-state index in [0.717, 1.165) is 13.1 Å². The summed E-state index contributed by atoms with van der Waals surface area (Å²) in [5.74, 6) is -1.13. The molecule has 0 atom stereocenters. The maximum absolute atomic E-state index is 12.1. The number of carbonyl (C=O) groups is 2. The number of fused-ring (bicyclic) bond motifs is 1. The number of nitrogens with one attached hydrogen (secondary N) is 1. The van der Waals surface area contributed by atoms with Gasteiger partial charge in [-0.2, -0.15) is 0 Å². The van der Waals surface area contributed by atoms with Gasteiger partial charge in [-0.15, -0.1) is 0 Å². The highest BCUT2D eigenvalue weighted by Crippen LogP contribution is 2.38. The zero-order chi connectivity index (χ0) is 19.2. The molecule has 3 heterocycles. The number of rotatable bonds is 5. The Bertz CT molecular complexity index is 775. The number of hydrogen-bond acceptors (Lipinski definition) is 8. The lowest BCUT2D eigenvalue weighted by Gasteiger charge is -2.41. The molecule has 9 nitrogen and oxygen atoms in total. The van der Waals surface area contributed by atoms with Gasteiger partial charge in [0.05, 0.1) is 30.4 Å². The number of aryl methyl sites for hydroxylation is 1. The highest BCUT2D eigenvalue weighted by Gasteiger charge is 2.36. The third-order valence-electron chi connectivity index (χ3n) is 5.33. The Hall–Kier alpha value is -2.30. The summed E-state index contributed by atoms with van der Waals surface area (Å²) in [5.41, 5.74) is 0.230. The summed E-state index contributed by atoms with van der Waals surface area (Å²) in [4.78, 5) is 25.4. The largest absolute Gasteiger partial charge is 0.669 e. The molecule has 0 bridgehead atoms. The molecule has 2 saturated heterocycles. The molecule has 3 aliphatic rings. The number of carboxylic acid groups (broad SMARTS) is 1. The van der Waals surface area contributed by atoms with Gasteiger partial charge in [0.25, 0.3) is 0 Å². The number of amides is 1. The van der Waals surface area contributed by atoms with E-state index in [9.17, 15) is 24.7 Å². The van der Waals surface area contributed by atoms with Gasteiger partial charge in [-0.3, -0.25) is 4.79 Å². The van der Waals surface area contributed by atoms with E-state index >= 15 is 0 Å². The summed E-state index contributed by atoms with van der Waals surface area (Å²) >= 11 is 0. The van der Waals surface area contributed by atoms with Gasteiger partial charge in [-0.05, 0) is 37.1 Å². The Balaban J connectivity index is 1.44. The normalized spacial score (nSPS) is 21.5. The van der Waals surface area contributed by atoms with E-state index in [-0.39, 0.29) is 41.8 Å². The quantitative estimate of drug-likeness (QED) is 0.509. The van der Waals surface area contributed by atoms with Crippen LogP contribution in [0.5, 0.6) is 11.5 Å². The first kappa shape index (κ1) is 18.1. The van der Waals surface area contributed by atoms with Gasteiger partial charge in [0.15, 0.2) is 0 Å². The van der Waals surface area contributed by atoms with Gasteiger partial charge in [0, 0.05) is 6.42 Å². The Kier molecular flexibility index (Phi) is 4.49. The maximum atomic E-state index is 12.1. The van der Waals surface area contributed by atoms with Crippen molar-refractivity contribution in [3.05, 3.63) is 23.3 Å². The van der Waals surface area contributed by atoms with E-state index in [0.29, 0.717) is 31.0 Å². The number of benzene rings is 1. The van der Waals surface area contributed by atoms with Crippen LogP contribution in [0.3, 0.4) is 0 Å². The van der Waals surface area contributed by atoms with Crippen molar-refractivity contribution in [1.29, 1.82) is 0 Å². The topological polar surface area (TPSA) is 131 Å². The minimum atomic E-state index is -3.10. The highest BCUT2D eigenvalue weighted by atomic mass is 16.6. The van der Waals surface area contributed by atoms with Crippen molar-refractivity contribution in [3.63, 3.8) is 0 Å². The molecule has 0 aliphatic carbocycles. The number of aromatic carboxylic acids is 1. The predicted molar refractivity (Wildman–Crippen MR) is 92.1 cm³/mol. The zero-order valence-corrected chi connectivity index (χ0v) is 14.7. The molecule has 0 aromatic heterocycles. The van der Waals surface area contributed by atoms with Crippen molar-refractivity contribution < 1.29 is 34.1 Å². The summed E-state index contributed by atoms with van der Waals surface area (Å²) in [7, 11) is 0. The van der Waals surface area contributed by atoms with Crippen LogP contribution in [0.1, 0.15) is 22.3 Å². The number of hydrogen-bond donors (Lipinski definition) is 3. The summed E-state index contributed by atoms with van der Waals surface area (Å²) in [6.07, 6.45) is 0.459. The molecule has 1 aromatic carbocycles. The summed E-state index contributed by atoms with van der Waals surface area (Å²) < 4.78 is 10.8. The molecule has 4 rings (SSSR count). The Morgan fingerprint density at radius 2 is 2.07 bits per heavy atom. The second-order valence-electron chi connectivity index (χ2n) is 7.50. The first-order valence-corrected chi connectivity index (χ1v) is 9.14. The van der Waals surface area contributed by atoms with Crippen LogP contribution in [0.2, 0.25) is 6.32 Å². The first-order valence-electron chi connectivity index (χ1n) is 9.14. The monoisotopic (exact) mass is 376 g/mol. The number of likely N-dealkylation sites (tertiary alicyclic amines) is 1. The average molecular weight is 376 g/mol. The second-order valence-corrected chi connectivity index (χ2v) is 7.50. The first-order chi connectivity index (χ1) is 12.8. The van der Waals surface area contributed by atoms with Crippen molar-refractivity contribution in [2.75, 3.05) is 26.2 Å². The van der Waals surface area contributed by atoms with Crippen LogP contribution in [0.4, 0.5) is 0 Å². The molecule has 3 N–H and O–H groups in total. The lowest BCUT2D eigenvalue weighted by Crippen LogP contribution is -2.57. The predicted octanol–water partition coefficient (Wildman–Crippen LogP) is -1.89. The van der Waals surface area contributed by atoms with Crippen LogP contribution in [-0.2, 0) is 11.2 Å². The molecule has 146 valence electrons. The number of carbonyl (C=O) groups excluding carboxylic acids is 2. The van der Waals surface area contributed by atoms with Crippen molar-refractivity contribution in [2.24, 2.45) is 5.92 Å². The minimum Gasteiger partial charge on any atom is -0.669 e. The summed E-state index contributed by atoms with van der Waals surface area (Å²) in [6, 6.07) is 3.17. The van der Waals surface area contributed by atoms with Gasteiger partial charge < -0.3 is 39.6 Å². The van der Waals surface area contributed by atoms with E-state index in [2.05, 4.69) is 5.32 Å². The molecule has 0 saturated carbocycles. The van der Waals surface area contributed by atoms with Gasteiger partial charge in [0.1, 0.15) is 11.9 Å². The van der Waals surface area contributed by atoms with E-state index in [1.807, 2.05) is 0 Å². The van der Waals surface area contributed by atoms with Crippen molar-refractivity contribution in [1.82, 2.24) is 10.2 Å². The van der Waals surface area contributed by atoms with Crippen molar-refractivity contribution in [2.45, 2.75) is 25.3 Å². The fourth-order valence-electron chi connectivity index (χ4n) is 3.59. The molecular weight excluding hydrogens is 355 g/mol. The smallest absolute Gasteiger partial charge is 0.430 e. The highest BCUT2D eigenvalue weighted by molar-refractivity contribution is 6.59. The van der Waals surface area contributed by atoms with E-state index in [1.54, 1.807) is 11.0 Å².